The van der Waals surface area contributed by atoms with Crippen LogP contribution in [0.1, 0.15) is 5.82 Å². The molecule has 5 nitrogen and oxygen atoms in total. The zero-order valence-corrected chi connectivity index (χ0v) is 11.4. The van der Waals surface area contributed by atoms with E-state index in [1.807, 2.05) is 0 Å². The van der Waals surface area contributed by atoms with E-state index in [2.05, 4.69) is 10.2 Å². The van der Waals surface area contributed by atoms with Gasteiger partial charge in [-0.05, 0) is 18.2 Å². The summed E-state index contributed by atoms with van der Waals surface area (Å²) in [5.74, 6) is -1.73. The van der Waals surface area contributed by atoms with Gasteiger partial charge in [-0.15, -0.1) is 10.2 Å². The zero-order chi connectivity index (χ0) is 15.4. The van der Waals surface area contributed by atoms with Crippen LogP contribution in [0, 0.1) is 0 Å². The molecule has 0 radical (unpaired) electrons. The molecule has 1 aliphatic heterocycles. The lowest BCUT2D eigenvalue weighted by Gasteiger charge is -2.16. The summed E-state index contributed by atoms with van der Waals surface area (Å²) in [4.78, 5) is 13.3. The number of likely N-dealkylation sites (N-methyl/N-ethyl adjacent to an activating group) is 1. The van der Waals surface area contributed by atoms with Crippen molar-refractivity contribution < 1.29 is 18.0 Å². The first-order chi connectivity index (χ1) is 9.79. The summed E-state index contributed by atoms with van der Waals surface area (Å²) in [5, 5.41) is 7.10. The molecule has 2 aromatic rings. The van der Waals surface area contributed by atoms with Gasteiger partial charge in [-0.2, -0.15) is 13.2 Å². The maximum atomic E-state index is 12.9. The summed E-state index contributed by atoms with van der Waals surface area (Å²) in [6, 6.07) is 4.58. The molecule has 0 atom stereocenters. The van der Waals surface area contributed by atoms with E-state index in [-0.39, 0.29) is 5.82 Å². The van der Waals surface area contributed by atoms with Crippen molar-refractivity contribution in [2.24, 2.45) is 0 Å². The molecule has 0 N–H and O–H groups in total. The quantitative estimate of drug-likeness (QED) is 0.750. The summed E-state index contributed by atoms with van der Waals surface area (Å²) in [6.45, 7) is -0.486. The van der Waals surface area contributed by atoms with Gasteiger partial charge in [0.1, 0.15) is 6.54 Å². The van der Waals surface area contributed by atoms with E-state index in [9.17, 15) is 18.0 Å². The summed E-state index contributed by atoms with van der Waals surface area (Å²) < 4.78 is 39.6. The maximum Gasteiger partial charge on any atom is 0.451 e. The van der Waals surface area contributed by atoms with E-state index >= 15 is 0 Å². The lowest BCUT2D eigenvalue weighted by Crippen LogP contribution is -2.29. The third kappa shape index (κ3) is 2.15. The van der Waals surface area contributed by atoms with Gasteiger partial charge in [0.2, 0.25) is 11.7 Å². The maximum absolute atomic E-state index is 12.9. The standard InChI is InChI=1S/C12H8ClF3N4O/c1-19-8-3-2-6(13)4-7(8)10-17-18-11(12(14,15)16)20(10)5-9(19)21/h2-4H,5H2,1H3. The first-order valence-electron chi connectivity index (χ1n) is 5.86. The molecule has 110 valence electrons. The number of carbonyl (C=O) groups is 1. The van der Waals surface area contributed by atoms with Crippen LogP contribution < -0.4 is 4.90 Å². The van der Waals surface area contributed by atoms with Crippen molar-refractivity contribution in [3.63, 3.8) is 0 Å². The van der Waals surface area contributed by atoms with Crippen LogP contribution in [0.25, 0.3) is 11.4 Å². The lowest BCUT2D eigenvalue weighted by molar-refractivity contribution is -0.147. The number of aromatic nitrogens is 3. The fraction of sp³-hybridized carbons (Fsp3) is 0.250. The number of anilines is 1. The number of halogens is 4. The summed E-state index contributed by atoms with van der Waals surface area (Å²) in [6.07, 6.45) is -4.69. The third-order valence-electron chi connectivity index (χ3n) is 3.23. The predicted molar refractivity (Wildman–Crippen MR) is 68.9 cm³/mol. The van der Waals surface area contributed by atoms with E-state index in [1.54, 1.807) is 12.1 Å². The van der Waals surface area contributed by atoms with Gasteiger partial charge in [-0.3, -0.25) is 9.36 Å². The number of benzene rings is 1. The highest BCUT2D eigenvalue weighted by atomic mass is 35.5. The van der Waals surface area contributed by atoms with Crippen LogP contribution in [0.3, 0.4) is 0 Å². The van der Waals surface area contributed by atoms with E-state index in [1.165, 1.54) is 18.0 Å². The van der Waals surface area contributed by atoms with Gasteiger partial charge < -0.3 is 4.90 Å². The molecule has 0 aliphatic carbocycles. The molecule has 0 saturated heterocycles. The Hall–Kier alpha value is -2.09. The number of nitrogens with zero attached hydrogens (tertiary/aromatic N) is 4. The topological polar surface area (TPSA) is 51.0 Å². The van der Waals surface area contributed by atoms with Gasteiger partial charge in [-0.1, -0.05) is 11.6 Å². The van der Waals surface area contributed by atoms with Gasteiger partial charge in [0.15, 0.2) is 5.82 Å². The Balaban J connectivity index is 2.31. The van der Waals surface area contributed by atoms with Crippen molar-refractivity contribution in [1.82, 2.24) is 14.8 Å². The smallest absolute Gasteiger partial charge is 0.313 e. The molecule has 0 bridgehead atoms. The van der Waals surface area contributed by atoms with Crippen molar-refractivity contribution in [3.8, 4) is 11.4 Å². The van der Waals surface area contributed by atoms with Crippen LogP contribution in [0.5, 0.6) is 0 Å². The van der Waals surface area contributed by atoms with Crippen molar-refractivity contribution in [2.45, 2.75) is 12.7 Å². The largest absolute Gasteiger partial charge is 0.451 e. The fourth-order valence-corrected chi connectivity index (χ4v) is 2.39. The number of amides is 1. The first-order valence-corrected chi connectivity index (χ1v) is 6.23. The first kappa shape index (κ1) is 13.9. The van der Waals surface area contributed by atoms with Crippen LogP contribution >= 0.6 is 11.6 Å². The second-order valence-corrected chi connectivity index (χ2v) is 4.98. The normalized spacial score (nSPS) is 14.7. The van der Waals surface area contributed by atoms with Crippen LogP contribution in [-0.2, 0) is 17.5 Å². The Bertz CT molecular complexity index is 741. The van der Waals surface area contributed by atoms with Crippen LogP contribution in [-0.4, -0.2) is 27.7 Å². The van der Waals surface area contributed by atoms with Crippen molar-refractivity contribution >= 4 is 23.2 Å². The van der Waals surface area contributed by atoms with Gasteiger partial charge in [0.05, 0.1) is 5.69 Å². The average Bonchev–Trinajstić information content (AvgIpc) is 2.77. The lowest BCUT2D eigenvalue weighted by atomic mass is 10.1. The predicted octanol–water partition coefficient (Wildman–Crippen LogP) is 2.59. The number of carbonyl (C=O) groups excluding carboxylic acids is 1. The van der Waals surface area contributed by atoms with Crippen LogP contribution in [0.15, 0.2) is 18.2 Å². The molecule has 0 spiro atoms. The monoisotopic (exact) mass is 316 g/mol. The Morgan fingerprint density at radius 2 is 2.00 bits per heavy atom. The highest BCUT2D eigenvalue weighted by Gasteiger charge is 2.40. The summed E-state index contributed by atoms with van der Waals surface area (Å²) in [7, 11) is 1.49. The van der Waals surface area contributed by atoms with E-state index in [0.717, 1.165) is 4.57 Å². The zero-order valence-electron chi connectivity index (χ0n) is 10.6. The number of hydrogen-bond donors (Lipinski definition) is 0. The SMILES string of the molecule is CN1C(=O)Cn2c(nnc2C(F)(F)F)-c2cc(Cl)ccc21. The van der Waals surface area contributed by atoms with Gasteiger partial charge >= 0.3 is 6.18 Å². The Kier molecular flexibility index (Phi) is 2.94. The molecule has 0 unspecified atom stereocenters. The molecular weight excluding hydrogens is 309 g/mol. The van der Waals surface area contributed by atoms with Gasteiger partial charge in [-0.25, -0.2) is 0 Å². The number of rotatable bonds is 0. The molecule has 0 saturated carbocycles. The second-order valence-electron chi connectivity index (χ2n) is 4.55. The minimum absolute atomic E-state index is 0.0301. The van der Waals surface area contributed by atoms with Crippen molar-refractivity contribution in [3.05, 3.63) is 29.0 Å². The molecular formula is C12H8ClF3N4O. The minimum atomic E-state index is -4.69. The second kappa shape index (κ2) is 4.45. The molecule has 1 aromatic heterocycles. The highest BCUT2D eigenvalue weighted by molar-refractivity contribution is 6.31. The minimum Gasteiger partial charge on any atom is -0.313 e. The van der Waals surface area contributed by atoms with Crippen molar-refractivity contribution in [2.75, 3.05) is 11.9 Å². The Labute approximate surface area is 121 Å². The Morgan fingerprint density at radius 3 is 2.67 bits per heavy atom. The molecule has 0 fully saturated rings. The molecule has 2 heterocycles. The van der Waals surface area contributed by atoms with E-state index in [0.29, 0.717) is 16.3 Å². The van der Waals surface area contributed by atoms with Gasteiger partial charge in [0.25, 0.3) is 0 Å². The van der Waals surface area contributed by atoms with E-state index in [4.69, 9.17) is 11.6 Å². The fourth-order valence-electron chi connectivity index (χ4n) is 2.22. The van der Waals surface area contributed by atoms with Gasteiger partial charge in [0, 0.05) is 17.6 Å². The molecule has 1 aromatic carbocycles. The average molecular weight is 317 g/mol. The van der Waals surface area contributed by atoms with Crippen molar-refractivity contribution in [1.29, 1.82) is 0 Å². The highest BCUT2D eigenvalue weighted by Crippen LogP contribution is 2.37. The van der Waals surface area contributed by atoms with Crippen LogP contribution in [0.2, 0.25) is 5.02 Å². The molecule has 3 rings (SSSR count). The third-order valence-corrected chi connectivity index (χ3v) is 3.47. The molecule has 1 aliphatic rings. The molecule has 9 heteroatoms. The Morgan fingerprint density at radius 1 is 1.29 bits per heavy atom. The summed E-state index contributed by atoms with van der Waals surface area (Å²) in [5.41, 5.74) is 0.767. The van der Waals surface area contributed by atoms with Crippen LogP contribution in [0.4, 0.5) is 18.9 Å². The number of hydrogen-bond acceptors (Lipinski definition) is 3. The summed E-state index contributed by atoms with van der Waals surface area (Å²) >= 11 is 5.89. The number of fused-ring (bicyclic) bond motifs is 3. The molecule has 1 amide bonds. The van der Waals surface area contributed by atoms with E-state index < -0.39 is 24.5 Å². The molecule has 21 heavy (non-hydrogen) atoms. The number of alkyl halides is 3.